The molecule has 1 atom stereocenters. The zero-order valence-electron chi connectivity index (χ0n) is 14.5. The highest BCUT2D eigenvalue weighted by molar-refractivity contribution is 7.16. The van der Waals surface area contributed by atoms with Crippen LogP contribution < -0.4 is 15.8 Å². The van der Waals surface area contributed by atoms with Crippen molar-refractivity contribution in [2.75, 3.05) is 12.4 Å². The maximum Gasteiger partial charge on any atom is 0.243 e. The number of thiazole rings is 1. The van der Waals surface area contributed by atoms with Crippen LogP contribution in [0.15, 0.2) is 24.3 Å². The van der Waals surface area contributed by atoms with Crippen LogP contribution in [0.1, 0.15) is 25.6 Å². The van der Waals surface area contributed by atoms with E-state index in [0.717, 1.165) is 21.9 Å². The Morgan fingerprint density at radius 2 is 1.88 bits per heavy atom. The molecule has 3 N–H and O–H groups in total. The third kappa shape index (κ3) is 4.69. The summed E-state index contributed by atoms with van der Waals surface area (Å²) in [7, 11) is 1.63. The Kier molecular flexibility index (Phi) is 6.77. The van der Waals surface area contributed by atoms with Gasteiger partial charge in [0.25, 0.3) is 0 Å². The molecule has 0 saturated carbocycles. The molecule has 1 amide bonds. The van der Waals surface area contributed by atoms with Gasteiger partial charge < -0.3 is 15.8 Å². The number of amides is 1. The third-order valence-electron chi connectivity index (χ3n) is 3.61. The van der Waals surface area contributed by atoms with Gasteiger partial charge in [0, 0.05) is 10.4 Å². The summed E-state index contributed by atoms with van der Waals surface area (Å²) in [6, 6.07) is 7.10. The Morgan fingerprint density at radius 1 is 1.29 bits per heavy atom. The molecule has 1 aromatic heterocycles. The number of anilines is 1. The van der Waals surface area contributed by atoms with Gasteiger partial charge in [0.15, 0.2) is 5.13 Å². The second kappa shape index (κ2) is 7.96. The average Bonchev–Trinajstić information content (AvgIpc) is 2.86. The molecule has 0 saturated heterocycles. The molecule has 0 bridgehead atoms. The smallest absolute Gasteiger partial charge is 0.243 e. The van der Waals surface area contributed by atoms with Gasteiger partial charge in [-0.25, -0.2) is 4.98 Å². The van der Waals surface area contributed by atoms with Crippen molar-refractivity contribution in [2.24, 2.45) is 11.1 Å². The molecule has 0 aliphatic rings. The number of hydrogen-bond acceptors (Lipinski definition) is 5. The zero-order valence-corrected chi connectivity index (χ0v) is 16.2. The number of benzene rings is 1. The SMILES string of the molecule is COc1ccc(-c2nc(NC(=O)[C@@H](N)C(C)(C)C)sc2C)cc1.Cl. The van der Waals surface area contributed by atoms with Gasteiger partial charge in [0.05, 0.1) is 18.8 Å². The number of nitrogens with one attached hydrogen (secondary N) is 1. The summed E-state index contributed by atoms with van der Waals surface area (Å²) >= 11 is 1.45. The van der Waals surface area contributed by atoms with Crippen LogP contribution in [0.4, 0.5) is 5.13 Å². The Labute approximate surface area is 153 Å². The summed E-state index contributed by atoms with van der Waals surface area (Å²) in [4.78, 5) is 17.8. The number of ether oxygens (including phenoxy) is 1. The van der Waals surface area contributed by atoms with Crippen LogP contribution in [0.5, 0.6) is 5.75 Å². The highest BCUT2D eigenvalue weighted by Gasteiger charge is 2.28. The van der Waals surface area contributed by atoms with E-state index in [4.69, 9.17) is 10.5 Å². The Morgan fingerprint density at radius 3 is 2.38 bits per heavy atom. The first kappa shape index (κ1) is 20.4. The van der Waals surface area contributed by atoms with Crippen molar-refractivity contribution in [1.82, 2.24) is 4.98 Å². The lowest BCUT2D eigenvalue weighted by atomic mass is 9.87. The molecular formula is C17H24ClN3O2S. The number of halogens is 1. The van der Waals surface area contributed by atoms with E-state index in [1.54, 1.807) is 7.11 Å². The first-order chi connectivity index (χ1) is 10.7. The lowest BCUT2D eigenvalue weighted by Crippen LogP contribution is -2.45. The predicted molar refractivity (Wildman–Crippen MR) is 102 cm³/mol. The summed E-state index contributed by atoms with van der Waals surface area (Å²) < 4.78 is 5.16. The van der Waals surface area contributed by atoms with Gasteiger partial charge >= 0.3 is 0 Å². The number of rotatable bonds is 4. The molecule has 2 aromatic rings. The number of hydrogen-bond donors (Lipinski definition) is 2. The molecule has 0 radical (unpaired) electrons. The third-order valence-corrected chi connectivity index (χ3v) is 4.49. The van der Waals surface area contributed by atoms with Crippen LogP contribution in [0.2, 0.25) is 0 Å². The summed E-state index contributed by atoms with van der Waals surface area (Å²) in [5.41, 5.74) is 7.53. The van der Waals surface area contributed by atoms with Crippen LogP contribution >= 0.6 is 23.7 Å². The Bertz CT molecular complexity index is 693. The van der Waals surface area contributed by atoms with E-state index in [2.05, 4.69) is 10.3 Å². The van der Waals surface area contributed by atoms with E-state index >= 15 is 0 Å². The summed E-state index contributed by atoms with van der Waals surface area (Å²) in [6.07, 6.45) is 0. The fraction of sp³-hybridized carbons (Fsp3) is 0.412. The van der Waals surface area contributed by atoms with E-state index in [1.165, 1.54) is 11.3 Å². The lowest BCUT2D eigenvalue weighted by molar-refractivity contribution is -0.119. The van der Waals surface area contributed by atoms with Crippen molar-refractivity contribution < 1.29 is 9.53 Å². The number of carbonyl (C=O) groups is 1. The molecule has 0 spiro atoms. The van der Waals surface area contributed by atoms with Gasteiger partial charge in [0.2, 0.25) is 5.91 Å². The summed E-state index contributed by atoms with van der Waals surface area (Å²) in [6.45, 7) is 7.80. The second-order valence-electron chi connectivity index (χ2n) is 6.49. The van der Waals surface area contributed by atoms with E-state index in [9.17, 15) is 4.79 Å². The highest BCUT2D eigenvalue weighted by atomic mass is 35.5. The first-order valence-electron chi connectivity index (χ1n) is 7.40. The van der Waals surface area contributed by atoms with Gasteiger partial charge in [0.1, 0.15) is 5.75 Å². The number of nitrogens with two attached hydrogens (primary N) is 1. The molecule has 7 heteroatoms. The first-order valence-corrected chi connectivity index (χ1v) is 8.22. The molecule has 0 aliphatic heterocycles. The average molecular weight is 370 g/mol. The van der Waals surface area contributed by atoms with Gasteiger partial charge in [-0.1, -0.05) is 20.8 Å². The van der Waals surface area contributed by atoms with E-state index in [0.29, 0.717) is 5.13 Å². The fourth-order valence-electron chi connectivity index (χ4n) is 2.04. The van der Waals surface area contributed by atoms with Crippen molar-refractivity contribution >= 4 is 34.8 Å². The predicted octanol–water partition coefficient (Wildman–Crippen LogP) is 3.86. The number of carbonyl (C=O) groups excluding carboxylic acids is 1. The summed E-state index contributed by atoms with van der Waals surface area (Å²) in [5, 5.41) is 3.39. The minimum absolute atomic E-state index is 0. The van der Waals surface area contributed by atoms with Gasteiger partial charge in [-0.05, 0) is 36.6 Å². The second-order valence-corrected chi connectivity index (χ2v) is 7.69. The van der Waals surface area contributed by atoms with Gasteiger partial charge in [-0.3, -0.25) is 4.79 Å². The van der Waals surface area contributed by atoms with Crippen LogP contribution in [0, 0.1) is 12.3 Å². The van der Waals surface area contributed by atoms with Crippen molar-refractivity contribution in [3.8, 4) is 17.0 Å². The minimum atomic E-state index is -0.587. The molecule has 5 nitrogen and oxygen atoms in total. The summed E-state index contributed by atoms with van der Waals surface area (Å²) in [5.74, 6) is 0.582. The van der Waals surface area contributed by atoms with Crippen molar-refractivity contribution in [3.63, 3.8) is 0 Å². The monoisotopic (exact) mass is 369 g/mol. The van der Waals surface area contributed by atoms with Crippen LogP contribution in [-0.4, -0.2) is 24.0 Å². The molecular weight excluding hydrogens is 346 g/mol. The topological polar surface area (TPSA) is 77.2 Å². The number of aryl methyl sites for hydroxylation is 1. The normalized spacial score (nSPS) is 12.2. The molecule has 24 heavy (non-hydrogen) atoms. The van der Waals surface area contributed by atoms with Crippen LogP contribution in [-0.2, 0) is 4.79 Å². The van der Waals surface area contributed by atoms with E-state index < -0.39 is 6.04 Å². The number of aromatic nitrogens is 1. The molecule has 0 fully saturated rings. The molecule has 0 unspecified atom stereocenters. The fourth-order valence-corrected chi connectivity index (χ4v) is 2.88. The van der Waals surface area contributed by atoms with E-state index in [1.807, 2.05) is 52.0 Å². The van der Waals surface area contributed by atoms with Crippen LogP contribution in [0.3, 0.4) is 0 Å². The quantitative estimate of drug-likeness (QED) is 0.857. The lowest BCUT2D eigenvalue weighted by Gasteiger charge is -2.25. The molecule has 0 aliphatic carbocycles. The van der Waals surface area contributed by atoms with Gasteiger partial charge in [-0.15, -0.1) is 23.7 Å². The van der Waals surface area contributed by atoms with Crippen molar-refractivity contribution in [2.45, 2.75) is 33.7 Å². The maximum absolute atomic E-state index is 12.2. The number of methoxy groups -OCH3 is 1. The molecule has 2 rings (SSSR count). The van der Waals surface area contributed by atoms with Gasteiger partial charge in [-0.2, -0.15) is 0 Å². The number of nitrogens with zero attached hydrogens (tertiary/aromatic N) is 1. The van der Waals surface area contributed by atoms with Crippen molar-refractivity contribution in [3.05, 3.63) is 29.1 Å². The molecule has 1 aromatic carbocycles. The zero-order chi connectivity index (χ0) is 17.2. The standard InChI is InChI=1S/C17H23N3O2S.ClH/c1-10-13(11-6-8-12(22-5)9-7-11)19-16(23-10)20-15(21)14(18)17(2,3)4;/h6-9,14H,18H2,1-5H3,(H,19,20,21);1H/t14-;/m1./s1. The van der Waals surface area contributed by atoms with Crippen LogP contribution in [0.25, 0.3) is 11.3 Å². The minimum Gasteiger partial charge on any atom is -0.497 e. The maximum atomic E-state index is 12.2. The van der Waals surface area contributed by atoms with E-state index in [-0.39, 0.29) is 23.7 Å². The Hall–Kier alpha value is -1.63. The molecule has 132 valence electrons. The highest BCUT2D eigenvalue weighted by Crippen LogP contribution is 2.31. The van der Waals surface area contributed by atoms with Crippen molar-refractivity contribution in [1.29, 1.82) is 0 Å². The Balaban J connectivity index is 0.00000288. The largest absolute Gasteiger partial charge is 0.497 e. The molecule has 1 heterocycles.